The monoisotopic (exact) mass is 234 g/mol. The summed E-state index contributed by atoms with van der Waals surface area (Å²) in [4.78, 5) is 11.4. The Morgan fingerprint density at radius 3 is 2.65 bits per heavy atom. The number of rotatable bonds is 4. The highest BCUT2D eigenvalue weighted by atomic mass is 15.2. The number of aromatic nitrogens is 2. The standard InChI is InChI=1S/C13H22N4/c1-4-11-15-12(14-2)9-13(16-11)17(3)10-7-5-6-8-10/h9-10H,4-8H2,1-3H3,(H,14,15,16). The summed E-state index contributed by atoms with van der Waals surface area (Å²) in [6, 6.07) is 2.69. The molecular formula is C13H22N4. The second-order valence-electron chi connectivity index (χ2n) is 4.68. The van der Waals surface area contributed by atoms with Gasteiger partial charge in [0, 0.05) is 32.6 Å². The average molecular weight is 234 g/mol. The van der Waals surface area contributed by atoms with E-state index in [2.05, 4.69) is 34.2 Å². The molecule has 1 aliphatic carbocycles. The van der Waals surface area contributed by atoms with Crippen LogP contribution in [-0.2, 0) is 6.42 Å². The molecule has 0 bridgehead atoms. The first-order valence-corrected chi connectivity index (χ1v) is 6.53. The molecule has 2 rings (SSSR count). The first kappa shape index (κ1) is 12.1. The van der Waals surface area contributed by atoms with Crippen LogP contribution in [0.2, 0.25) is 0 Å². The third-order valence-corrected chi connectivity index (χ3v) is 3.57. The Balaban J connectivity index is 2.23. The Hall–Kier alpha value is -1.32. The lowest BCUT2D eigenvalue weighted by atomic mass is 10.2. The highest BCUT2D eigenvalue weighted by molar-refractivity contribution is 5.49. The number of nitrogens with one attached hydrogen (secondary N) is 1. The van der Waals surface area contributed by atoms with Crippen LogP contribution in [0.15, 0.2) is 6.07 Å². The Kier molecular flexibility index (Phi) is 3.82. The second-order valence-corrected chi connectivity index (χ2v) is 4.68. The number of anilines is 2. The molecular weight excluding hydrogens is 212 g/mol. The summed E-state index contributed by atoms with van der Waals surface area (Å²) in [5.74, 6) is 2.88. The van der Waals surface area contributed by atoms with Gasteiger partial charge >= 0.3 is 0 Å². The first-order chi connectivity index (χ1) is 8.24. The van der Waals surface area contributed by atoms with Gasteiger partial charge < -0.3 is 10.2 Å². The zero-order valence-electron chi connectivity index (χ0n) is 11.0. The van der Waals surface area contributed by atoms with Crippen molar-refractivity contribution in [1.29, 1.82) is 0 Å². The lowest BCUT2D eigenvalue weighted by Gasteiger charge is -2.26. The number of aryl methyl sites for hydroxylation is 1. The molecule has 1 N–H and O–H groups in total. The van der Waals surface area contributed by atoms with Crippen molar-refractivity contribution in [2.45, 2.75) is 45.1 Å². The molecule has 17 heavy (non-hydrogen) atoms. The molecule has 0 aliphatic heterocycles. The van der Waals surface area contributed by atoms with Gasteiger partial charge in [-0.2, -0.15) is 0 Å². The van der Waals surface area contributed by atoms with Gasteiger partial charge in [-0.15, -0.1) is 0 Å². The molecule has 1 aromatic heterocycles. The fourth-order valence-electron chi connectivity index (χ4n) is 2.43. The molecule has 0 atom stereocenters. The van der Waals surface area contributed by atoms with Gasteiger partial charge in [0.05, 0.1) is 0 Å². The van der Waals surface area contributed by atoms with E-state index in [0.717, 1.165) is 23.9 Å². The molecule has 0 aromatic carbocycles. The van der Waals surface area contributed by atoms with Crippen molar-refractivity contribution in [3.63, 3.8) is 0 Å². The average Bonchev–Trinajstić information content (AvgIpc) is 2.91. The summed E-state index contributed by atoms with van der Waals surface area (Å²) in [6.45, 7) is 2.09. The van der Waals surface area contributed by atoms with Crippen LogP contribution in [0.1, 0.15) is 38.4 Å². The van der Waals surface area contributed by atoms with Crippen LogP contribution in [-0.4, -0.2) is 30.1 Å². The van der Waals surface area contributed by atoms with E-state index in [1.165, 1.54) is 25.7 Å². The van der Waals surface area contributed by atoms with Crippen molar-refractivity contribution in [1.82, 2.24) is 9.97 Å². The fourth-order valence-corrected chi connectivity index (χ4v) is 2.43. The molecule has 4 heteroatoms. The van der Waals surface area contributed by atoms with Gasteiger partial charge in [0.25, 0.3) is 0 Å². The lowest BCUT2D eigenvalue weighted by molar-refractivity contribution is 0.644. The van der Waals surface area contributed by atoms with Crippen LogP contribution in [0.4, 0.5) is 11.6 Å². The topological polar surface area (TPSA) is 41.1 Å². The molecule has 4 nitrogen and oxygen atoms in total. The van der Waals surface area contributed by atoms with E-state index in [4.69, 9.17) is 0 Å². The van der Waals surface area contributed by atoms with Crippen LogP contribution in [0.5, 0.6) is 0 Å². The van der Waals surface area contributed by atoms with E-state index in [9.17, 15) is 0 Å². The molecule has 1 saturated carbocycles. The van der Waals surface area contributed by atoms with Crippen molar-refractivity contribution < 1.29 is 0 Å². The van der Waals surface area contributed by atoms with Crippen LogP contribution < -0.4 is 10.2 Å². The van der Waals surface area contributed by atoms with Crippen molar-refractivity contribution >= 4 is 11.6 Å². The lowest BCUT2D eigenvalue weighted by Crippen LogP contribution is -2.30. The van der Waals surface area contributed by atoms with Gasteiger partial charge in [0.1, 0.15) is 17.5 Å². The van der Waals surface area contributed by atoms with Crippen LogP contribution in [0, 0.1) is 0 Å². The molecule has 94 valence electrons. The first-order valence-electron chi connectivity index (χ1n) is 6.53. The zero-order chi connectivity index (χ0) is 12.3. The molecule has 1 aliphatic rings. The molecule has 1 heterocycles. The largest absolute Gasteiger partial charge is 0.373 e. The fraction of sp³-hybridized carbons (Fsp3) is 0.692. The van der Waals surface area contributed by atoms with Gasteiger partial charge in [-0.1, -0.05) is 19.8 Å². The molecule has 0 amide bonds. The number of nitrogens with zero attached hydrogens (tertiary/aromatic N) is 3. The van der Waals surface area contributed by atoms with Crippen LogP contribution in [0.25, 0.3) is 0 Å². The summed E-state index contributed by atoms with van der Waals surface area (Å²) >= 11 is 0. The van der Waals surface area contributed by atoms with Gasteiger partial charge in [0.15, 0.2) is 0 Å². The Morgan fingerprint density at radius 2 is 2.06 bits per heavy atom. The Labute approximate surface area is 103 Å². The minimum absolute atomic E-state index is 0.652. The quantitative estimate of drug-likeness (QED) is 0.869. The van der Waals surface area contributed by atoms with Crippen LogP contribution in [0.3, 0.4) is 0 Å². The Bertz CT molecular complexity index is 349. The van der Waals surface area contributed by atoms with Gasteiger partial charge in [-0.3, -0.25) is 0 Å². The summed E-state index contributed by atoms with van der Waals surface area (Å²) < 4.78 is 0. The van der Waals surface area contributed by atoms with E-state index < -0.39 is 0 Å². The maximum atomic E-state index is 4.62. The van der Waals surface area contributed by atoms with E-state index in [0.29, 0.717) is 6.04 Å². The van der Waals surface area contributed by atoms with Gasteiger partial charge in [-0.25, -0.2) is 9.97 Å². The summed E-state index contributed by atoms with van der Waals surface area (Å²) in [5, 5.41) is 3.11. The van der Waals surface area contributed by atoms with Crippen LogP contribution >= 0.6 is 0 Å². The predicted octanol–water partition coefficient (Wildman–Crippen LogP) is 2.46. The third kappa shape index (κ3) is 2.68. The Morgan fingerprint density at radius 1 is 1.35 bits per heavy atom. The summed E-state index contributed by atoms with van der Waals surface area (Å²) in [6.07, 6.45) is 6.15. The molecule has 1 aromatic rings. The molecule has 0 unspecified atom stereocenters. The predicted molar refractivity (Wildman–Crippen MR) is 71.6 cm³/mol. The molecule has 1 fully saturated rings. The molecule has 0 spiro atoms. The number of hydrogen-bond acceptors (Lipinski definition) is 4. The van der Waals surface area contributed by atoms with E-state index in [1.54, 1.807) is 0 Å². The molecule has 0 radical (unpaired) electrons. The minimum Gasteiger partial charge on any atom is -0.373 e. The highest BCUT2D eigenvalue weighted by Gasteiger charge is 2.21. The highest BCUT2D eigenvalue weighted by Crippen LogP contribution is 2.26. The van der Waals surface area contributed by atoms with E-state index in [1.807, 2.05) is 13.1 Å². The number of hydrogen-bond donors (Lipinski definition) is 1. The smallest absolute Gasteiger partial charge is 0.134 e. The zero-order valence-corrected chi connectivity index (χ0v) is 11.0. The van der Waals surface area contributed by atoms with Crippen molar-refractivity contribution in [2.24, 2.45) is 0 Å². The maximum absolute atomic E-state index is 4.62. The third-order valence-electron chi connectivity index (χ3n) is 3.57. The maximum Gasteiger partial charge on any atom is 0.134 e. The summed E-state index contributed by atoms with van der Waals surface area (Å²) in [5.41, 5.74) is 0. The second kappa shape index (κ2) is 5.34. The normalized spacial score (nSPS) is 16.2. The van der Waals surface area contributed by atoms with Gasteiger partial charge in [0.2, 0.25) is 0 Å². The SMILES string of the molecule is CCc1nc(NC)cc(N(C)C2CCCC2)n1. The van der Waals surface area contributed by atoms with E-state index in [-0.39, 0.29) is 0 Å². The molecule has 0 saturated heterocycles. The van der Waals surface area contributed by atoms with E-state index >= 15 is 0 Å². The minimum atomic E-state index is 0.652. The van der Waals surface area contributed by atoms with Crippen molar-refractivity contribution in [3.05, 3.63) is 11.9 Å². The van der Waals surface area contributed by atoms with Gasteiger partial charge in [-0.05, 0) is 12.8 Å². The summed E-state index contributed by atoms with van der Waals surface area (Å²) in [7, 11) is 4.05. The van der Waals surface area contributed by atoms with Crippen molar-refractivity contribution in [2.75, 3.05) is 24.3 Å². The van der Waals surface area contributed by atoms with Crippen molar-refractivity contribution in [3.8, 4) is 0 Å².